The predicted octanol–water partition coefficient (Wildman–Crippen LogP) is 3.75. The van der Waals surface area contributed by atoms with Crippen LogP contribution < -0.4 is 11.0 Å². The number of halogens is 2. The Labute approximate surface area is 187 Å². The van der Waals surface area contributed by atoms with E-state index >= 15 is 0 Å². The number of nitrogens with zero attached hydrogens (tertiary/aromatic N) is 2. The number of sulfone groups is 1. The molecule has 0 saturated carbocycles. The van der Waals surface area contributed by atoms with Gasteiger partial charge in [0.15, 0.2) is 0 Å². The predicted molar refractivity (Wildman–Crippen MR) is 119 cm³/mol. The number of carbonyl (C=O) groups excluding carboxylic acids is 1. The van der Waals surface area contributed by atoms with Crippen molar-refractivity contribution in [1.82, 2.24) is 9.13 Å². The maximum atomic E-state index is 13.4. The van der Waals surface area contributed by atoms with Gasteiger partial charge in [0.05, 0.1) is 26.5 Å². The van der Waals surface area contributed by atoms with E-state index in [0.717, 1.165) is 24.3 Å². The third-order valence-corrected chi connectivity index (χ3v) is 7.20. The summed E-state index contributed by atoms with van der Waals surface area (Å²) in [5.74, 6) is -1.14. The number of hydrogen-bond donors (Lipinski definition) is 1. The zero-order valence-electron chi connectivity index (χ0n) is 17.0. The molecule has 1 amide bonds. The van der Waals surface area contributed by atoms with Gasteiger partial charge in [0.2, 0.25) is 9.84 Å². The van der Waals surface area contributed by atoms with Crippen LogP contribution in [0.15, 0.2) is 75.2 Å². The van der Waals surface area contributed by atoms with Gasteiger partial charge in [0.25, 0.3) is 5.91 Å². The molecule has 1 heterocycles. The highest BCUT2D eigenvalue weighted by Crippen LogP contribution is 2.32. The number of aromatic nitrogens is 2. The van der Waals surface area contributed by atoms with E-state index in [1.54, 1.807) is 7.05 Å². The second kappa shape index (κ2) is 7.92. The summed E-state index contributed by atoms with van der Waals surface area (Å²) in [6.07, 6.45) is 0. The molecule has 164 valence electrons. The molecule has 32 heavy (non-hydrogen) atoms. The number of imidazole rings is 1. The second-order valence-electron chi connectivity index (χ2n) is 7.16. The van der Waals surface area contributed by atoms with Gasteiger partial charge >= 0.3 is 5.69 Å². The van der Waals surface area contributed by atoms with Crippen LogP contribution >= 0.6 is 11.6 Å². The maximum Gasteiger partial charge on any atom is 0.328 e. The lowest BCUT2D eigenvalue weighted by Gasteiger charge is -2.13. The van der Waals surface area contributed by atoms with Crippen molar-refractivity contribution in [1.29, 1.82) is 0 Å². The summed E-state index contributed by atoms with van der Waals surface area (Å²) < 4.78 is 42.8. The first-order valence-corrected chi connectivity index (χ1v) is 11.2. The Morgan fingerprint density at radius 1 is 0.938 bits per heavy atom. The monoisotopic (exact) mass is 473 g/mol. The first-order chi connectivity index (χ1) is 15.1. The van der Waals surface area contributed by atoms with E-state index in [4.69, 9.17) is 11.6 Å². The van der Waals surface area contributed by atoms with Crippen molar-refractivity contribution in [2.45, 2.75) is 9.79 Å². The van der Waals surface area contributed by atoms with Crippen LogP contribution in [0.2, 0.25) is 5.02 Å². The number of anilines is 1. The lowest BCUT2D eigenvalue weighted by molar-refractivity contribution is 0.102. The van der Waals surface area contributed by atoms with Gasteiger partial charge < -0.3 is 5.32 Å². The van der Waals surface area contributed by atoms with Crippen molar-refractivity contribution in [3.63, 3.8) is 0 Å². The van der Waals surface area contributed by atoms with E-state index in [-0.39, 0.29) is 26.7 Å². The highest BCUT2D eigenvalue weighted by molar-refractivity contribution is 7.91. The Bertz CT molecular complexity index is 1520. The Morgan fingerprint density at radius 2 is 1.50 bits per heavy atom. The van der Waals surface area contributed by atoms with E-state index in [2.05, 4.69) is 5.32 Å². The minimum atomic E-state index is -4.16. The van der Waals surface area contributed by atoms with Crippen molar-refractivity contribution in [3.8, 4) is 0 Å². The quantitative estimate of drug-likeness (QED) is 0.457. The summed E-state index contributed by atoms with van der Waals surface area (Å²) in [6.45, 7) is 0. The molecule has 0 aliphatic rings. The zero-order valence-corrected chi connectivity index (χ0v) is 18.5. The molecule has 0 radical (unpaired) electrons. The average molecular weight is 474 g/mol. The van der Waals surface area contributed by atoms with E-state index in [1.165, 1.54) is 52.6 Å². The molecule has 0 fully saturated rings. The molecule has 0 aliphatic carbocycles. The fraction of sp³-hybridized carbons (Fsp3) is 0.0909. The van der Waals surface area contributed by atoms with Gasteiger partial charge in [-0.15, -0.1) is 0 Å². The third-order valence-electron chi connectivity index (χ3n) is 5.14. The average Bonchev–Trinajstić information content (AvgIpc) is 2.97. The van der Waals surface area contributed by atoms with Crippen LogP contribution in [-0.4, -0.2) is 23.5 Å². The van der Waals surface area contributed by atoms with Crippen molar-refractivity contribution in [3.05, 3.63) is 87.6 Å². The number of carbonyl (C=O) groups is 1. The molecule has 7 nitrogen and oxygen atoms in total. The molecule has 4 aromatic rings. The SMILES string of the molecule is Cn1c(=O)n(C)c2cc(S(=O)(=O)c3ccc(F)cc3)c(NC(=O)c3ccc(Cl)cc3)cc21. The Hall–Kier alpha value is -3.43. The smallest absolute Gasteiger partial charge is 0.321 e. The number of rotatable bonds is 4. The topological polar surface area (TPSA) is 90.2 Å². The van der Waals surface area contributed by atoms with Crippen LogP contribution in [0, 0.1) is 5.82 Å². The molecule has 4 rings (SSSR count). The summed E-state index contributed by atoms with van der Waals surface area (Å²) in [6, 6.07) is 13.2. The van der Waals surface area contributed by atoms with Gasteiger partial charge in [-0.2, -0.15) is 0 Å². The molecule has 0 aliphatic heterocycles. The van der Waals surface area contributed by atoms with Gasteiger partial charge in [-0.3, -0.25) is 13.9 Å². The minimum Gasteiger partial charge on any atom is -0.321 e. The van der Waals surface area contributed by atoms with Crippen LogP contribution in [0.3, 0.4) is 0 Å². The van der Waals surface area contributed by atoms with E-state index in [1.807, 2.05) is 0 Å². The Balaban J connectivity index is 1.92. The lowest BCUT2D eigenvalue weighted by Crippen LogP contribution is -2.19. The largest absolute Gasteiger partial charge is 0.328 e. The van der Waals surface area contributed by atoms with Crippen molar-refractivity contribution >= 4 is 44.1 Å². The van der Waals surface area contributed by atoms with Gasteiger partial charge in [-0.05, 0) is 60.7 Å². The summed E-state index contributed by atoms with van der Waals surface area (Å²) in [7, 11) is -1.10. The van der Waals surface area contributed by atoms with Gasteiger partial charge in [0, 0.05) is 24.7 Å². The number of benzene rings is 3. The van der Waals surface area contributed by atoms with Crippen LogP contribution in [0.25, 0.3) is 11.0 Å². The zero-order chi connectivity index (χ0) is 23.2. The van der Waals surface area contributed by atoms with Crippen LogP contribution in [0.5, 0.6) is 0 Å². The molecule has 0 unspecified atom stereocenters. The number of nitrogens with one attached hydrogen (secondary N) is 1. The Morgan fingerprint density at radius 3 is 2.09 bits per heavy atom. The van der Waals surface area contributed by atoms with Crippen molar-refractivity contribution < 1.29 is 17.6 Å². The number of hydrogen-bond acceptors (Lipinski definition) is 4. The highest BCUT2D eigenvalue weighted by Gasteiger charge is 2.25. The van der Waals surface area contributed by atoms with Crippen LogP contribution in [0.1, 0.15) is 10.4 Å². The van der Waals surface area contributed by atoms with Crippen molar-refractivity contribution in [2.75, 3.05) is 5.32 Å². The van der Waals surface area contributed by atoms with Crippen LogP contribution in [-0.2, 0) is 23.9 Å². The van der Waals surface area contributed by atoms with E-state index in [9.17, 15) is 22.4 Å². The molecule has 0 bridgehead atoms. The first-order valence-electron chi connectivity index (χ1n) is 9.36. The summed E-state index contributed by atoms with van der Waals surface area (Å²) in [5, 5.41) is 3.07. The molecule has 1 aromatic heterocycles. The minimum absolute atomic E-state index is 0.0111. The van der Waals surface area contributed by atoms with E-state index in [0.29, 0.717) is 16.1 Å². The number of fused-ring (bicyclic) bond motifs is 1. The van der Waals surface area contributed by atoms with Gasteiger partial charge in [0.1, 0.15) is 5.82 Å². The van der Waals surface area contributed by atoms with Crippen molar-refractivity contribution in [2.24, 2.45) is 14.1 Å². The molecule has 0 atom stereocenters. The first kappa shape index (κ1) is 21.8. The standard InChI is InChI=1S/C22H17ClFN3O4S/c1-26-18-11-17(25-21(28)13-3-5-14(23)6-4-13)20(12-19(18)27(2)22(26)29)32(30,31)16-9-7-15(24)8-10-16/h3-12H,1-2H3,(H,25,28). The molecular weight excluding hydrogens is 457 g/mol. The molecule has 10 heteroatoms. The van der Waals surface area contributed by atoms with Gasteiger partial charge in [-0.25, -0.2) is 17.6 Å². The summed E-state index contributed by atoms with van der Waals surface area (Å²) in [4.78, 5) is 24.8. The van der Waals surface area contributed by atoms with E-state index < -0.39 is 21.6 Å². The third kappa shape index (κ3) is 3.69. The Kier molecular flexibility index (Phi) is 5.39. The summed E-state index contributed by atoms with van der Waals surface area (Å²) in [5.41, 5.74) is 0.695. The molecular formula is C22H17ClFN3O4S. The highest BCUT2D eigenvalue weighted by atomic mass is 35.5. The molecule has 0 saturated heterocycles. The summed E-state index contributed by atoms with van der Waals surface area (Å²) >= 11 is 5.87. The molecule has 3 aromatic carbocycles. The second-order valence-corrected chi connectivity index (χ2v) is 9.51. The normalized spacial score (nSPS) is 11.6. The number of aryl methyl sites for hydroxylation is 2. The fourth-order valence-electron chi connectivity index (χ4n) is 3.38. The fourth-order valence-corrected chi connectivity index (χ4v) is 4.92. The van der Waals surface area contributed by atoms with Gasteiger partial charge in [-0.1, -0.05) is 11.6 Å². The lowest BCUT2D eigenvalue weighted by atomic mass is 10.2. The molecule has 1 N–H and O–H groups in total. The maximum absolute atomic E-state index is 13.4. The number of amides is 1. The van der Waals surface area contributed by atoms with Crippen LogP contribution in [0.4, 0.5) is 10.1 Å². The molecule has 0 spiro atoms.